The lowest BCUT2D eigenvalue weighted by Crippen LogP contribution is -2.35. The minimum atomic E-state index is -1.10. The van der Waals surface area contributed by atoms with Crippen LogP contribution < -0.4 is 0 Å². The van der Waals surface area contributed by atoms with E-state index < -0.39 is 15.1 Å². The van der Waals surface area contributed by atoms with Crippen molar-refractivity contribution in [2.24, 2.45) is 5.41 Å². The number of carbonyl (C=O) groups is 3. The Morgan fingerprint density at radius 3 is 2.17 bits per heavy atom. The average Bonchev–Trinajstić information content (AvgIpc) is 2.74. The molecule has 0 spiro atoms. The Morgan fingerprint density at radius 1 is 1.17 bits per heavy atom. The van der Waals surface area contributed by atoms with Crippen molar-refractivity contribution in [1.29, 1.82) is 0 Å². The quantitative estimate of drug-likeness (QED) is 0.433. The van der Waals surface area contributed by atoms with E-state index in [0.717, 1.165) is 12.3 Å². The first-order valence-corrected chi connectivity index (χ1v) is 10.2. The summed E-state index contributed by atoms with van der Waals surface area (Å²) in [5.41, 5.74) is 1.01. The monoisotopic (exact) mass is 346 g/mol. The van der Waals surface area contributed by atoms with Crippen LogP contribution in [0.4, 0.5) is 0 Å². The van der Waals surface area contributed by atoms with E-state index in [1.165, 1.54) is 4.90 Å². The first kappa shape index (κ1) is 18.5. The summed E-state index contributed by atoms with van der Waals surface area (Å²) in [5, 5.41) is 0. The van der Waals surface area contributed by atoms with Gasteiger partial charge >= 0.3 is 0 Å². The minimum absolute atomic E-state index is 0.152. The fourth-order valence-electron chi connectivity index (χ4n) is 2.90. The van der Waals surface area contributed by atoms with Gasteiger partial charge in [-0.3, -0.25) is 14.5 Å². The molecule has 0 aromatic heterocycles. The Balaban J connectivity index is 1.94. The number of imide groups is 1. The van der Waals surface area contributed by atoms with Gasteiger partial charge in [0.25, 0.3) is 11.8 Å². The molecule has 1 aromatic rings. The maximum atomic E-state index is 12.3. The molecule has 0 saturated heterocycles. The molecule has 2 rings (SSSR count). The fourth-order valence-corrected chi connectivity index (χ4v) is 5.17. The third-order valence-corrected chi connectivity index (χ3v) is 6.06. The van der Waals surface area contributed by atoms with Crippen LogP contribution in [0.3, 0.4) is 0 Å². The van der Waals surface area contributed by atoms with Crippen molar-refractivity contribution in [2.75, 3.05) is 6.54 Å². The molecule has 1 radical (unpaired) electrons. The van der Waals surface area contributed by atoms with Crippen molar-refractivity contribution < 1.29 is 18.8 Å². The number of amides is 2. The normalized spacial score (nSPS) is 15.8. The van der Waals surface area contributed by atoms with Crippen LogP contribution in [-0.2, 0) is 9.22 Å². The zero-order chi connectivity index (χ0) is 17.9. The third kappa shape index (κ3) is 4.39. The van der Waals surface area contributed by atoms with Crippen molar-refractivity contribution in [3.8, 4) is 0 Å². The second-order valence-electron chi connectivity index (χ2n) is 7.33. The molecule has 129 valence electrons. The van der Waals surface area contributed by atoms with Crippen LogP contribution in [0.25, 0.3) is 0 Å². The summed E-state index contributed by atoms with van der Waals surface area (Å²) in [7, 11) is -1.10. The summed E-state index contributed by atoms with van der Waals surface area (Å²) in [6.07, 6.45) is 0.534. The van der Waals surface area contributed by atoms with Crippen LogP contribution in [-0.4, -0.2) is 44.7 Å². The fraction of sp³-hybridized carbons (Fsp3) is 0.500. The van der Waals surface area contributed by atoms with Gasteiger partial charge in [-0.1, -0.05) is 32.9 Å². The number of fused-ring (bicyclic) bond motifs is 1. The Bertz CT molecular complexity index is 603. The third-order valence-electron chi connectivity index (χ3n) is 3.80. The Kier molecular flexibility index (Phi) is 5.72. The van der Waals surface area contributed by atoms with Crippen molar-refractivity contribution in [1.82, 2.24) is 4.90 Å². The molecule has 0 aliphatic carbocycles. The van der Waals surface area contributed by atoms with E-state index in [0.29, 0.717) is 17.5 Å². The van der Waals surface area contributed by atoms with Gasteiger partial charge in [0.15, 0.2) is 0 Å². The molecular formula is C18H24NO4Si. The number of carbonyl (C=O) groups excluding carboxylic acids is 3. The summed E-state index contributed by atoms with van der Waals surface area (Å²) in [6, 6.07) is 7.71. The highest BCUT2D eigenvalue weighted by Gasteiger charge is 2.35. The molecule has 1 atom stereocenters. The standard InChI is InChI=1S/C18H24NO4Si/c1-18(2,3)12-24(4)23-13(11-20)9-10-19-16(21)14-7-5-6-8-15(14)17(19)22/h5-8,11,13H,9-10,12H2,1-4H3. The molecule has 0 saturated carbocycles. The zero-order valence-corrected chi connectivity index (χ0v) is 15.7. The summed E-state index contributed by atoms with van der Waals surface area (Å²) in [4.78, 5) is 37.1. The molecule has 2 amide bonds. The maximum absolute atomic E-state index is 12.3. The van der Waals surface area contributed by atoms with Crippen molar-refractivity contribution in [3.63, 3.8) is 0 Å². The highest BCUT2D eigenvalue weighted by Crippen LogP contribution is 2.24. The highest BCUT2D eigenvalue weighted by atomic mass is 28.3. The van der Waals surface area contributed by atoms with Crippen LogP contribution in [0.15, 0.2) is 24.3 Å². The second kappa shape index (κ2) is 7.40. The van der Waals surface area contributed by atoms with Crippen LogP contribution in [0.2, 0.25) is 12.6 Å². The predicted octanol–water partition coefficient (Wildman–Crippen LogP) is 2.92. The molecule has 0 fully saturated rings. The summed E-state index contributed by atoms with van der Waals surface area (Å²) in [5.74, 6) is -0.589. The molecule has 0 bridgehead atoms. The topological polar surface area (TPSA) is 63.7 Å². The number of rotatable bonds is 7. The number of benzene rings is 1. The van der Waals surface area contributed by atoms with Crippen molar-refractivity contribution >= 4 is 27.1 Å². The second-order valence-corrected chi connectivity index (χ2v) is 9.32. The lowest BCUT2D eigenvalue weighted by Gasteiger charge is -2.24. The molecule has 0 N–H and O–H groups in total. The van der Waals surface area contributed by atoms with E-state index in [9.17, 15) is 14.4 Å². The number of hydrogen-bond acceptors (Lipinski definition) is 4. The van der Waals surface area contributed by atoms with Gasteiger partial charge in [-0.05, 0) is 36.6 Å². The van der Waals surface area contributed by atoms with Gasteiger partial charge in [-0.2, -0.15) is 0 Å². The molecule has 6 heteroatoms. The zero-order valence-electron chi connectivity index (χ0n) is 14.7. The lowest BCUT2D eigenvalue weighted by molar-refractivity contribution is -0.114. The lowest BCUT2D eigenvalue weighted by atomic mass is 10.0. The Labute approximate surface area is 144 Å². The van der Waals surface area contributed by atoms with E-state index in [-0.39, 0.29) is 23.8 Å². The van der Waals surface area contributed by atoms with E-state index in [2.05, 4.69) is 20.8 Å². The van der Waals surface area contributed by atoms with E-state index in [1.807, 2.05) is 6.55 Å². The number of aldehydes is 1. The predicted molar refractivity (Wildman–Crippen MR) is 93.2 cm³/mol. The molecule has 5 nitrogen and oxygen atoms in total. The summed E-state index contributed by atoms with van der Waals surface area (Å²) >= 11 is 0. The smallest absolute Gasteiger partial charge is 0.261 e. The molecule has 1 aliphatic rings. The van der Waals surface area contributed by atoms with Gasteiger partial charge in [-0.15, -0.1) is 0 Å². The molecule has 1 aliphatic heterocycles. The van der Waals surface area contributed by atoms with Crippen molar-refractivity contribution in [3.05, 3.63) is 35.4 Å². The van der Waals surface area contributed by atoms with Crippen LogP contribution in [0.5, 0.6) is 0 Å². The largest absolute Gasteiger partial charge is 0.407 e. The van der Waals surface area contributed by atoms with Gasteiger partial charge in [0.2, 0.25) is 9.04 Å². The first-order valence-electron chi connectivity index (χ1n) is 8.12. The molecule has 1 unspecified atom stereocenters. The van der Waals surface area contributed by atoms with Gasteiger partial charge < -0.3 is 9.22 Å². The summed E-state index contributed by atoms with van der Waals surface area (Å²) < 4.78 is 5.87. The van der Waals surface area contributed by atoms with Crippen LogP contribution >= 0.6 is 0 Å². The SMILES string of the molecule is C[Si](CC(C)(C)C)OC(C=O)CCN1C(=O)c2ccccc2C1=O. The van der Waals surface area contributed by atoms with Crippen molar-refractivity contribution in [2.45, 2.75) is 45.9 Å². The molecule has 24 heavy (non-hydrogen) atoms. The minimum Gasteiger partial charge on any atom is -0.407 e. The van der Waals surface area contributed by atoms with Gasteiger partial charge in [-0.25, -0.2) is 0 Å². The van der Waals surface area contributed by atoms with E-state index in [4.69, 9.17) is 4.43 Å². The molecule has 1 heterocycles. The van der Waals surface area contributed by atoms with Crippen LogP contribution in [0.1, 0.15) is 47.9 Å². The van der Waals surface area contributed by atoms with Gasteiger partial charge in [0, 0.05) is 6.54 Å². The number of nitrogens with zero attached hydrogens (tertiary/aromatic N) is 1. The first-order chi connectivity index (χ1) is 11.2. The molecule has 1 aromatic carbocycles. The number of hydrogen-bond donors (Lipinski definition) is 0. The Morgan fingerprint density at radius 2 is 1.71 bits per heavy atom. The average molecular weight is 346 g/mol. The van der Waals surface area contributed by atoms with Gasteiger partial charge in [0.1, 0.15) is 12.4 Å². The van der Waals surface area contributed by atoms with E-state index >= 15 is 0 Å². The summed E-state index contributed by atoms with van der Waals surface area (Å²) in [6.45, 7) is 8.65. The maximum Gasteiger partial charge on any atom is 0.261 e. The highest BCUT2D eigenvalue weighted by molar-refractivity contribution is 6.50. The van der Waals surface area contributed by atoms with Crippen LogP contribution in [0, 0.1) is 5.41 Å². The van der Waals surface area contributed by atoms with Gasteiger partial charge in [0.05, 0.1) is 11.1 Å². The Hall–Kier alpha value is -1.79. The van der Waals surface area contributed by atoms with E-state index in [1.54, 1.807) is 24.3 Å². The molecular weight excluding hydrogens is 322 g/mol.